The third kappa shape index (κ3) is 3.81. The Morgan fingerprint density at radius 1 is 1.06 bits per heavy atom. The van der Waals surface area contributed by atoms with Crippen molar-refractivity contribution in [2.75, 3.05) is 27.2 Å². The second kappa shape index (κ2) is 9.04. The Morgan fingerprint density at radius 2 is 1.79 bits per heavy atom. The minimum atomic E-state index is 0.129. The van der Waals surface area contributed by atoms with Crippen LogP contribution in [0.5, 0.6) is 0 Å². The Labute approximate surface area is 208 Å². The molecular weight excluding hydrogens is 416 g/mol. The number of Topliss-reactive ketones (excluding diaryl/α,β-unsaturated/α-hetero) is 1. The fourth-order valence-corrected chi connectivity index (χ4v) is 9.24. The van der Waals surface area contributed by atoms with E-state index in [1.807, 2.05) is 0 Å². The number of ketones is 1. The molecule has 1 aliphatic heterocycles. The summed E-state index contributed by atoms with van der Waals surface area (Å²) in [6.07, 6.45) is 17.3. The van der Waals surface area contributed by atoms with Crippen LogP contribution < -0.4 is 5.32 Å². The van der Waals surface area contributed by atoms with E-state index in [-0.39, 0.29) is 17.4 Å². The zero-order valence-corrected chi connectivity index (χ0v) is 22.6. The van der Waals surface area contributed by atoms with E-state index >= 15 is 0 Å². The zero-order chi connectivity index (χ0) is 24.3. The number of hydrogen-bond donors (Lipinski definition) is 1. The average molecular weight is 465 g/mol. The largest absolute Gasteiger partial charge is 0.313 e. The quantitative estimate of drug-likeness (QED) is 0.505. The molecule has 3 nitrogen and oxygen atoms in total. The molecule has 3 saturated carbocycles. The van der Waals surface area contributed by atoms with Crippen molar-refractivity contribution in [3.63, 3.8) is 0 Å². The van der Waals surface area contributed by atoms with Crippen LogP contribution in [0.15, 0.2) is 34.9 Å². The van der Waals surface area contributed by atoms with Crippen LogP contribution in [0, 0.1) is 40.4 Å². The molecule has 0 aromatic heterocycles. The topological polar surface area (TPSA) is 32.3 Å². The van der Waals surface area contributed by atoms with Crippen molar-refractivity contribution < 1.29 is 4.79 Å². The molecule has 0 spiro atoms. The average Bonchev–Trinajstić information content (AvgIpc) is 3.15. The van der Waals surface area contributed by atoms with Crippen molar-refractivity contribution >= 4 is 5.78 Å². The third-order valence-corrected chi connectivity index (χ3v) is 11.4. The molecular formula is C31H48N2O. The van der Waals surface area contributed by atoms with Gasteiger partial charge >= 0.3 is 0 Å². The highest BCUT2D eigenvalue weighted by atomic mass is 16.1. The van der Waals surface area contributed by atoms with Crippen LogP contribution in [0.2, 0.25) is 0 Å². The predicted octanol–water partition coefficient (Wildman–Crippen LogP) is 6.18. The zero-order valence-electron chi connectivity index (χ0n) is 22.6. The summed E-state index contributed by atoms with van der Waals surface area (Å²) < 4.78 is 0. The minimum Gasteiger partial charge on any atom is -0.313 e. The van der Waals surface area contributed by atoms with Gasteiger partial charge in [-0.15, -0.1) is 0 Å². The highest BCUT2D eigenvalue weighted by molar-refractivity contribution is 5.88. The standard InChI is InChI=1S/C31H48N2O/c1-20(7-8-22-15-18-32-19-21(22)2)24-11-12-25-23-9-10-27-29(34)28(33(5)6)14-17-31(27,4)26(23)13-16-30(24,25)3/h7-9,20,24-28,32H,10-19H2,1-6H3/b8-7+/t20-,24-,25+,26+,27?,28+,30-,31-/m1/s1. The molecule has 0 radical (unpaired) electrons. The Bertz CT molecular complexity index is 912. The molecule has 34 heavy (non-hydrogen) atoms. The van der Waals surface area contributed by atoms with Gasteiger partial charge in [-0.2, -0.15) is 0 Å². The number of likely N-dealkylation sites (N-methyl/N-ethyl adjacent to an activating group) is 1. The van der Waals surface area contributed by atoms with Crippen LogP contribution in [0.4, 0.5) is 0 Å². The summed E-state index contributed by atoms with van der Waals surface area (Å²) in [6, 6.07) is 0.129. The maximum atomic E-state index is 13.5. The van der Waals surface area contributed by atoms with E-state index in [2.05, 4.69) is 70.2 Å². The van der Waals surface area contributed by atoms with E-state index in [4.69, 9.17) is 0 Å². The van der Waals surface area contributed by atoms with Gasteiger partial charge in [0.05, 0.1) is 6.04 Å². The number of nitrogens with zero attached hydrogens (tertiary/aromatic N) is 1. The number of fused-ring (bicyclic) bond motifs is 5. The summed E-state index contributed by atoms with van der Waals surface area (Å²) in [6.45, 7) is 12.0. The van der Waals surface area contributed by atoms with Gasteiger partial charge in [0, 0.05) is 12.5 Å². The van der Waals surface area contributed by atoms with Crippen LogP contribution >= 0.6 is 0 Å². The molecule has 1 unspecified atom stereocenters. The normalized spacial score (nSPS) is 43.6. The van der Waals surface area contributed by atoms with Gasteiger partial charge in [-0.25, -0.2) is 0 Å². The lowest BCUT2D eigenvalue weighted by Crippen LogP contribution is -2.55. The summed E-state index contributed by atoms with van der Waals surface area (Å²) in [5.41, 5.74) is 5.43. The molecule has 5 rings (SSSR count). The van der Waals surface area contributed by atoms with Crippen LogP contribution in [0.3, 0.4) is 0 Å². The molecule has 0 aromatic carbocycles. The maximum absolute atomic E-state index is 13.5. The monoisotopic (exact) mass is 464 g/mol. The number of carbonyl (C=O) groups is 1. The molecule has 1 N–H and O–H groups in total. The second-order valence-electron chi connectivity index (χ2n) is 13.2. The number of carbonyl (C=O) groups excluding carboxylic acids is 1. The molecule has 5 aliphatic rings. The lowest BCUT2D eigenvalue weighted by atomic mass is 9.47. The molecule has 0 aromatic rings. The van der Waals surface area contributed by atoms with Gasteiger partial charge in [-0.05, 0) is 119 Å². The lowest BCUT2D eigenvalue weighted by molar-refractivity contribution is -0.140. The first-order valence-corrected chi connectivity index (χ1v) is 14.1. The van der Waals surface area contributed by atoms with Crippen molar-refractivity contribution in [2.24, 2.45) is 40.4 Å². The molecule has 8 atom stereocenters. The van der Waals surface area contributed by atoms with E-state index in [9.17, 15) is 4.79 Å². The highest BCUT2D eigenvalue weighted by Gasteiger charge is 2.59. The molecule has 0 saturated heterocycles. The van der Waals surface area contributed by atoms with Crippen LogP contribution in [-0.2, 0) is 4.79 Å². The van der Waals surface area contributed by atoms with Crippen molar-refractivity contribution in [2.45, 2.75) is 85.1 Å². The molecule has 1 heterocycles. The second-order valence-corrected chi connectivity index (χ2v) is 13.2. The lowest BCUT2D eigenvalue weighted by Gasteiger charge is -2.57. The first kappa shape index (κ1) is 24.5. The predicted molar refractivity (Wildman–Crippen MR) is 142 cm³/mol. The molecule has 3 heteroatoms. The fourth-order valence-electron chi connectivity index (χ4n) is 9.24. The van der Waals surface area contributed by atoms with Gasteiger partial charge < -0.3 is 5.32 Å². The van der Waals surface area contributed by atoms with E-state index in [1.54, 1.807) is 11.1 Å². The summed E-state index contributed by atoms with van der Waals surface area (Å²) in [7, 11) is 4.16. The molecule has 4 aliphatic carbocycles. The molecule has 0 amide bonds. The van der Waals surface area contributed by atoms with E-state index in [0.717, 1.165) is 37.8 Å². The SMILES string of the molecule is CC1=C(/C=C/[C@@H](C)[C@H]2CC[C@H]3C4=CCC5C(=O)[C@@H](N(C)C)CC[C@]5(C)[C@H]4CC[C@]23C)CCNC1. The number of nitrogens with one attached hydrogen (secondary N) is 1. The van der Waals surface area contributed by atoms with Gasteiger partial charge in [0.1, 0.15) is 0 Å². The van der Waals surface area contributed by atoms with Crippen molar-refractivity contribution in [1.29, 1.82) is 0 Å². The van der Waals surface area contributed by atoms with Crippen LogP contribution in [0.1, 0.15) is 79.1 Å². The summed E-state index contributed by atoms with van der Waals surface area (Å²) in [5, 5.41) is 3.49. The Morgan fingerprint density at radius 3 is 2.53 bits per heavy atom. The smallest absolute Gasteiger partial charge is 0.153 e. The number of rotatable bonds is 4. The fraction of sp³-hybridized carbons (Fsp3) is 0.774. The van der Waals surface area contributed by atoms with Gasteiger partial charge in [-0.1, -0.05) is 50.1 Å². The van der Waals surface area contributed by atoms with Crippen molar-refractivity contribution in [1.82, 2.24) is 10.2 Å². The Hall–Kier alpha value is -1.19. The highest BCUT2D eigenvalue weighted by Crippen LogP contribution is 2.66. The molecule has 0 bridgehead atoms. The number of allylic oxidation sites excluding steroid dienone is 4. The van der Waals surface area contributed by atoms with Crippen molar-refractivity contribution in [3.8, 4) is 0 Å². The maximum Gasteiger partial charge on any atom is 0.153 e. The van der Waals surface area contributed by atoms with Gasteiger partial charge in [0.2, 0.25) is 0 Å². The third-order valence-electron chi connectivity index (χ3n) is 11.4. The first-order valence-electron chi connectivity index (χ1n) is 14.1. The van der Waals surface area contributed by atoms with Gasteiger partial charge in [0.25, 0.3) is 0 Å². The first-order chi connectivity index (χ1) is 16.2. The number of hydrogen-bond acceptors (Lipinski definition) is 3. The molecule has 188 valence electrons. The van der Waals surface area contributed by atoms with Crippen LogP contribution in [0.25, 0.3) is 0 Å². The van der Waals surface area contributed by atoms with E-state index < -0.39 is 0 Å². The Balaban J connectivity index is 1.36. The summed E-state index contributed by atoms with van der Waals surface area (Å²) in [4.78, 5) is 15.6. The van der Waals surface area contributed by atoms with E-state index in [0.29, 0.717) is 23.0 Å². The van der Waals surface area contributed by atoms with Gasteiger partial charge in [0.15, 0.2) is 5.78 Å². The summed E-state index contributed by atoms with van der Waals surface area (Å²) >= 11 is 0. The van der Waals surface area contributed by atoms with Crippen molar-refractivity contribution in [3.05, 3.63) is 34.9 Å². The molecule has 3 fully saturated rings. The summed E-state index contributed by atoms with van der Waals surface area (Å²) in [5.74, 6) is 3.51. The van der Waals surface area contributed by atoms with Gasteiger partial charge in [-0.3, -0.25) is 9.69 Å². The van der Waals surface area contributed by atoms with E-state index in [1.165, 1.54) is 44.1 Å². The van der Waals surface area contributed by atoms with Crippen LogP contribution in [-0.4, -0.2) is 43.9 Å². The Kier molecular flexibility index (Phi) is 6.51. The minimum absolute atomic E-state index is 0.129.